The van der Waals surface area contributed by atoms with E-state index in [-0.39, 0.29) is 24.0 Å². The van der Waals surface area contributed by atoms with Crippen molar-refractivity contribution < 1.29 is 14.7 Å². The Labute approximate surface area is 153 Å². The van der Waals surface area contributed by atoms with Crippen LogP contribution in [0.1, 0.15) is 32.3 Å². The first kappa shape index (κ1) is 18.1. The average Bonchev–Trinajstić information content (AvgIpc) is 3.28. The highest BCUT2D eigenvalue weighted by Crippen LogP contribution is 2.25. The topological polar surface area (TPSA) is 93.7 Å². The number of nitrogens with one attached hydrogen (secondary N) is 3. The Morgan fingerprint density at radius 2 is 2.00 bits per heavy atom. The van der Waals surface area contributed by atoms with Gasteiger partial charge in [0.2, 0.25) is 5.91 Å². The molecule has 0 aliphatic carbocycles. The van der Waals surface area contributed by atoms with Gasteiger partial charge in [0.25, 0.3) is 0 Å². The maximum absolute atomic E-state index is 13.0. The van der Waals surface area contributed by atoms with Gasteiger partial charge in [-0.05, 0) is 24.3 Å². The first-order valence-corrected chi connectivity index (χ1v) is 9.05. The Hall–Kier alpha value is -2.70. The van der Waals surface area contributed by atoms with Gasteiger partial charge in [0.1, 0.15) is 12.2 Å². The van der Waals surface area contributed by atoms with Crippen molar-refractivity contribution in [1.82, 2.24) is 20.9 Å². The van der Waals surface area contributed by atoms with Gasteiger partial charge in [0, 0.05) is 12.7 Å². The zero-order valence-electron chi connectivity index (χ0n) is 15.1. The van der Waals surface area contributed by atoms with E-state index in [0.717, 1.165) is 24.1 Å². The van der Waals surface area contributed by atoms with Crippen LogP contribution in [0.2, 0.25) is 0 Å². The summed E-state index contributed by atoms with van der Waals surface area (Å²) in [5.41, 5.74) is 2.09. The highest BCUT2D eigenvalue weighted by molar-refractivity contribution is 5.86. The fourth-order valence-electron chi connectivity index (χ4n) is 3.65. The molecule has 0 radical (unpaired) electrons. The van der Waals surface area contributed by atoms with Crippen molar-refractivity contribution in [2.45, 2.75) is 44.9 Å². The third kappa shape index (κ3) is 3.76. The molecule has 7 nitrogen and oxygen atoms in total. The van der Waals surface area contributed by atoms with Crippen molar-refractivity contribution in [2.75, 3.05) is 6.54 Å². The van der Waals surface area contributed by atoms with Gasteiger partial charge in [0.05, 0.1) is 11.7 Å². The first-order chi connectivity index (χ1) is 12.5. The molecule has 0 aromatic heterocycles. The SMILES string of the molecule is CC(C)[C@H](NC(=O)O)C(=O)N1CCC[C@H]1C1NC=C(c2ccccc2)N1. The third-order valence-corrected chi connectivity index (χ3v) is 4.98. The highest BCUT2D eigenvalue weighted by Gasteiger charge is 2.40. The smallest absolute Gasteiger partial charge is 0.405 e. The average molecular weight is 358 g/mol. The fourth-order valence-corrected chi connectivity index (χ4v) is 3.65. The predicted molar refractivity (Wildman–Crippen MR) is 99.0 cm³/mol. The Kier molecular flexibility index (Phi) is 5.35. The number of nitrogens with zero attached hydrogens (tertiary/aromatic N) is 1. The van der Waals surface area contributed by atoms with Crippen molar-refractivity contribution >= 4 is 17.7 Å². The lowest BCUT2D eigenvalue weighted by Crippen LogP contribution is -2.57. The minimum atomic E-state index is -1.17. The van der Waals surface area contributed by atoms with Crippen molar-refractivity contribution in [1.29, 1.82) is 0 Å². The van der Waals surface area contributed by atoms with Crippen LogP contribution in [0.5, 0.6) is 0 Å². The van der Waals surface area contributed by atoms with Crippen LogP contribution in [0, 0.1) is 5.92 Å². The highest BCUT2D eigenvalue weighted by atomic mass is 16.4. The molecule has 1 fully saturated rings. The van der Waals surface area contributed by atoms with Gasteiger partial charge in [0.15, 0.2) is 0 Å². The van der Waals surface area contributed by atoms with Gasteiger partial charge in [-0.1, -0.05) is 44.2 Å². The van der Waals surface area contributed by atoms with Crippen molar-refractivity contribution in [2.24, 2.45) is 5.92 Å². The monoisotopic (exact) mass is 358 g/mol. The van der Waals surface area contributed by atoms with E-state index in [1.807, 2.05) is 55.3 Å². The summed E-state index contributed by atoms with van der Waals surface area (Å²) in [5.74, 6) is -0.260. The quantitative estimate of drug-likeness (QED) is 0.644. The number of carboxylic acid groups (broad SMARTS) is 1. The summed E-state index contributed by atoms with van der Waals surface area (Å²) in [6.07, 6.45) is 2.49. The normalized spacial score (nSPS) is 23.2. The van der Waals surface area contributed by atoms with Gasteiger partial charge in [-0.15, -0.1) is 0 Å². The van der Waals surface area contributed by atoms with Crippen LogP contribution in [0.3, 0.4) is 0 Å². The predicted octanol–water partition coefficient (Wildman–Crippen LogP) is 1.79. The minimum absolute atomic E-state index is 0.0168. The van der Waals surface area contributed by atoms with Crippen molar-refractivity contribution in [3.63, 3.8) is 0 Å². The molecule has 1 unspecified atom stereocenters. The molecule has 2 heterocycles. The second-order valence-electron chi connectivity index (χ2n) is 7.13. The molecule has 3 rings (SSSR count). The van der Waals surface area contributed by atoms with Crippen molar-refractivity contribution in [3.05, 3.63) is 42.1 Å². The second kappa shape index (κ2) is 7.68. The zero-order valence-corrected chi connectivity index (χ0v) is 15.1. The Bertz CT molecular complexity index is 689. The number of hydrogen-bond acceptors (Lipinski definition) is 4. The van der Waals surface area contributed by atoms with E-state index < -0.39 is 12.1 Å². The summed E-state index contributed by atoms with van der Waals surface area (Å²) in [5, 5.41) is 18.2. The molecule has 26 heavy (non-hydrogen) atoms. The lowest BCUT2D eigenvalue weighted by atomic mass is 10.0. The summed E-state index contributed by atoms with van der Waals surface area (Å²) >= 11 is 0. The van der Waals surface area contributed by atoms with E-state index in [2.05, 4.69) is 16.0 Å². The minimum Gasteiger partial charge on any atom is -0.465 e. The standard InChI is InChI=1S/C19H26N4O3/c1-12(2)16(22-19(25)26)18(24)23-10-6-9-15(23)17-20-11-14(21-17)13-7-4-3-5-8-13/h3-5,7-8,11-12,15-17,20-22H,6,9-10H2,1-2H3,(H,25,26)/t15-,16-,17?/m0/s1. The summed E-state index contributed by atoms with van der Waals surface area (Å²) in [6, 6.07) is 9.27. The molecule has 2 aliphatic rings. The molecule has 0 bridgehead atoms. The third-order valence-electron chi connectivity index (χ3n) is 4.98. The molecule has 2 aliphatic heterocycles. The summed E-state index contributed by atoms with van der Waals surface area (Å²) in [7, 11) is 0. The lowest BCUT2D eigenvalue weighted by Gasteiger charge is -2.33. The molecule has 1 aromatic rings. The molecule has 7 heteroatoms. The maximum atomic E-state index is 13.0. The van der Waals surface area contributed by atoms with E-state index >= 15 is 0 Å². The van der Waals surface area contributed by atoms with E-state index in [1.165, 1.54) is 0 Å². The van der Waals surface area contributed by atoms with Crippen LogP contribution in [0.15, 0.2) is 36.5 Å². The Morgan fingerprint density at radius 1 is 1.27 bits per heavy atom. The molecular weight excluding hydrogens is 332 g/mol. The Balaban J connectivity index is 1.69. The van der Waals surface area contributed by atoms with Gasteiger partial charge < -0.3 is 26.0 Å². The van der Waals surface area contributed by atoms with E-state index in [9.17, 15) is 9.59 Å². The largest absolute Gasteiger partial charge is 0.465 e. The van der Waals surface area contributed by atoms with Gasteiger partial charge in [-0.3, -0.25) is 4.79 Å². The van der Waals surface area contributed by atoms with Gasteiger partial charge in [-0.25, -0.2) is 4.79 Å². The molecular formula is C19H26N4O3. The number of rotatable bonds is 5. The van der Waals surface area contributed by atoms with Gasteiger partial charge >= 0.3 is 6.09 Å². The lowest BCUT2D eigenvalue weighted by molar-refractivity contribution is -0.135. The number of likely N-dealkylation sites (tertiary alicyclic amines) is 1. The summed E-state index contributed by atoms with van der Waals surface area (Å²) in [6.45, 7) is 4.35. The van der Waals surface area contributed by atoms with Crippen LogP contribution >= 0.6 is 0 Å². The van der Waals surface area contributed by atoms with Crippen LogP contribution < -0.4 is 16.0 Å². The number of hydrogen-bond donors (Lipinski definition) is 4. The molecule has 4 N–H and O–H groups in total. The summed E-state index contributed by atoms with van der Waals surface area (Å²) in [4.78, 5) is 25.8. The molecule has 0 spiro atoms. The van der Waals surface area contributed by atoms with E-state index in [0.29, 0.717) is 6.54 Å². The Morgan fingerprint density at radius 3 is 2.65 bits per heavy atom. The summed E-state index contributed by atoms with van der Waals surface area (Å²) < 4.78 is 0. The van der Waals surface area contributed by atoms with Crippen LogP contribution in [-0.2, 0) is 4.79 Å². The molecule has 1 aromatic carbocycles. The molecule has 140 valence electrons. The maximum Gasteiger partial charge on any atom is 0.405 e. The first-order valence-electron chi connectivity index (χ1n) is 9.05. The molecule has 3 atom stereocenters. The zero-order chi connectivity index (χ0) is 18.7. The van der Waals surface area contributed by atoms with Crippen LogP contribution in [0.4, 0.5) is 4.79 Å². The fraction of sp³-hybridized carbons (Fsp3) is 0.474. The number of carbonyl (C=O) groups excluding carboxylic acids is 1. The number of benzene rings is 1. The van der Waals surface area contributed by atoms with Crippen molar-refractivity contribution in [3.8, 4) is 0 Å². The van der Waals surface area contributed by atoms with Crippen LogP contribution in [0.25, 0.3) is 5.70 Å². The second-order valence-corrected chi connectivity index (χ2v) is 7.13. The molecule has 1 saturated heterocycles. The van der Waals surface area contributed by atoms with E-state index in [4.69, 9.17) is 5.11 Å². The number of carbonyl (C=O) groups is 2. The van der Waals surface area contributed by atoms with Crippen LogP contribution in [-0.4, -0.2) is 46.8 Å². The van der Waals surface area contributed by atoms with Gasteiger partial charge in [-0.2, -0.15) is 0 Å². The van der Waals surface area contributed by atoms with E-state index in [1.54, 1.807) is 0 Å². The molecule has 0 saturated carbocycles. The number of amides is 2. The molecule has 2 amide bonds.